The van der Waals surface area contributed by atoms with Crippen molar-refractivity contribution in [3.63, 3.8) is 0 Å². The van der Waals surface area contributed by atoms with Gasteiger partial charge in [0.25, 0.3) is 0 Å². The molecular weight excluding hydrogens is 348 g/mol. The molecule has 2 nitrogen and oxygen atoms in total. The fourth-order valence-corrected chi connectivity index (χ4v) is 4.05. The van der Waals surface area contributed by atoms with Gasteiger partial charge in [-0.05, 0) is 53.6 Å². The van der Waals surface area contributed by atoms with Gasteiger partial charge in [-0.2, -0.15) is 0 Å². The maximum absolute atomic E-state index is 11.5. The third-order valence-corrected chi connectivity index (χ3v) is 6.20. The predicted octanol–water partition coefficient (Wildman–Crippen LogP) is 4.06. The van der Waals surface area contributed by atoms with Gasteiger partial charge in [0.15, 0.2) is 9.84 Å². The molecule has 0 bridgehead atoms. The Hall–Kier alpha value is -1.13. The van der Waals surface area contributed by atoms with E-state index in [1.807, 2.05) is 12.1 Å². The molecule has 0 aliphatic heterocycles. The van der Waals surface area contributed by atoms with Crippen molar-refractivity contribution in [2.75, 3.05) is 6.26 Å². The maximum Gasteiger partial charge on any atom is 0.175 e. The van der Waals surface area contributed by atoms with Crippen molar-refractivity contribution in [2.24, 2.45) is 0 Å². The summed E-state index contributed by atoms with van der Waals surface area (Å²) in [6.45, 7) is 0. The van der Waals surface area contributed by atoms with Crippen LogP contribution < -0.4 is 0 Å². The first kappa shape index (κ1) is 14.8. The van der Waals surface area contributed by atoms with E-state index in [-0.39, 0.29) is 4.83 Å². The number of hydrogen-bond acceptors (Lipinski definition) is 2. The molecule has 1 aliphatic rings. The zero-order chi connectivity index (χ0) is 15.0. The number of alkyl halides is 1. The van der Waals surface area contributed by atoms with Gasteiger partial charge in [0.05, 0.1) is 9.72 Å². The third kappa shape index (κ3) is 3.06. The number of rotatable bonds is 3. The zero-order valence-electron chi connectivity index (χ0n) is 11.8. The van der Waals surface area contributed by atoms with Crippen molar-refractivity contribution in [2.45, 2.75) is 29.0 Å². The molecule has 0 radical (unpaired) electrons. The lowest BCUT2D eigenvalue weighted by atomic mass is 10.0. The van der Waals surface area contributed by atoms with Gasteiger partial charge >= 0.3 is 0 Å². The molecule has 0 saturated heterocycles. The molecule has 0 heterocycles. The number of halogens is 1. The third-order valence-electron chi connectivity index (χ3n) is 4.02. The van der Waals surface area contributed by atoms with Gasteiger partial charge in [-0.3, -0.25) is 0 Å². The van der Waals surface area contributed by atoms with Crippen LogP contribution in [0.15, 0.2) is 47.4 Å². The van der Waals surface area contributed by atoms with Gasteiger partial charge in [-0.1, -0.05) is 46.3 Å². The van der Waals surface area contributed by atoms with Crippen LogP contribution in [0.1, 0.15) is 33.5 Å². The summed E-state index contributed by atoms with van der Waals surface area (Å²) in [5.74, 6) is 0. The largest absolute Gasteiger partial charge is 0.224 e. The average molecular weight is 365 g/mol. The number of aryl methyl sites for hydroxylation is 2. The highest BCUT2D eigenvalue weighted by Gasteiger charge is 2.16. The quantitative estimate of drug-likeness (QED) is 0.769. The fraction of sp³-hybridized carbons (Fsp3) is 0.294. The summed E-state index contributed by atoms with van der Waals surface area (Å²) in [6.07, 6.45) is 4.82. The molecule has 0 amide bonds. The number of hydrogen-bond donors (Lipinski definition) is 0. The molecule has 0 fully saturated rings. The van der Waals surface area contributed by atoms with E-state index < -0.39 is 9.84 Å². The van der Waals surface area contributed by atoms with Gasteiger partial charge in [0.1, 0.15) is 0 Å². The van der Waals surface area contributed by atoms with Crippen molar-refractivity contribution in [1.29, 1.82) is 0 Å². The second-order valence-electron chi connectivity index (χ2n) is 5.59. The molecule has 4 heteroatoms. The van der Waals surface area contributed by atoms with Gasteiger partial charge < -0.3 is 0 Å². The van der Waals surface area contributed by atoms with Gasteiger partial charge in [-0.25, -0.2) is 8.42 Å². The average Bonchev–Trinajstić information content (AvgIpc) is 2.93. The highest BCUT2D eigenvalue weighted by molar-refractivity contribution is 9.09. The van der Waals surface area contributed by atoms with Crippen molar-refractivity contribution in [1.82, 2.24) is 0 Å². The molecule has 0 N–H and O–H groups in total. The maximum atomic E-state index is 11.5. The first-order chi connectivity index (χ1) is 9.95. The highest BCUT2D eigenvalue weighted by Crippen LogP contribution is 2.34. The smallest absolute Gasteiger partial charge is 0.175 e. The summed E-state index contributed by atoms with van der Waals surface area (Å²) in [6, 6.07) is 13.8. The van der Waals surface area contributed by atoms with Crippen LogP contribution in [0.25, 0.3) is 0 Å². The van der Waals surface area contributed by atoms with Crippen LogP contribution in [0.5, 0.6) is 0 Å². The Morgan fingerprint density at radius 2 is 1.57 bits per heavy atom. The van der Waals surface area contributed by atoms with Gasteiger partial charge in [0.2, 0.25) is 0 Å². The topological polar surface area (TPSA) is 34.1 Å². The van der Waals surface area contributed by atoms with Crippen molar-refractivity contribution in [3.05, 3.63) is 64.7 Å². The number of fused-ring (bicyclic) bond motifs is 1. The predicted molar refractivity (Wildman–Crippen MR) is 88.8 cm³/mol. The minimum absolute atomic E-state index is 0.0945. The van der Waals surface area contributed by atoms with Crippen LogP contribution in [-0.4, -0.2) is 14.7 Å². The molecule has 21 heavy (non-hydrogen) atoms. The van der Waals surface area contributed by atoms with Gasteiger partial charge in [-0.15, -0.1) is 0 Å². The Bertz CT molecular complexity index is 764. The molecule has 1 aliphatic carbocycles. The molecule has 110 valence electrons. The molecule has 0 saturated carbocycles. The summed E-state index contributed by atoms with van der Waals surface area (Å²) in [5, 5.41) is 0. The van der Waals surface area contributed by atoms with Crippen LogP contribution >= 0.6 is 15.9 Å². The van der Waals surface area contributed by atoms with Crippen LogP contribution in [0, 0.1) is 0 Å². The van der Waals surface area contributed by atoms with E-state index in [1.54, 1.807) is 12.1 Å². The Balaban J connectivity index is 1.90. The molecule has 1 unspecified atom stereocenters. The van der Waals surface area contributed by atoms with E-state index in [9.17, 15) is 8.42 Å². The van der Waals surface area contributed by atoms with Crippen LogP contribution in [0.4, 0.5) is 0 Å². The van der Waals surface area contributed by atoms with Crippen molar-refractivity contribution < 1.29 is 8.42 Å². The van der Waals surface area contributed by atoms with Crippen LogP contribution in [0.3, 0.4) is 0 Å². The Kier molecular flexibility index (Phi) is 3.93. The minimum Gasteiger partial charge on any atom is -0.224 e. The normalized spacial score (nSPS) is 15.7. The van der Waals surface area contributed by atoms with Crippen molar-refractivity contribution >= 4 is 25.8 Å². The molecular formula is C17H17BrO2S. The fourth-order valence-electron chi connectivity index (χ4n) is 2.83. The minimum atomic E-state index is -3.13. The van der Waals surface area contributed by atoms with E-state index in [1.165, 1.54) is 35.8 Å². The Labute approximate surface area is 134 Å². The summed E-state index contributed by atoms with van der Waals surface area (Å²) in [5.41, 5.74) is 5.21. The van der Waals surface area contributed by atoms with E-state index in [4.69, 9.17) is 0 Å². The number of sulfone groups is 1. The van der Waals surface area contributed by atoms with E-state index in [2.05, 4.69) is 34.1 Å². The summed E-state index contributed by atoms with van der Waals surface area (Å²) in [4.78, 5) is 0.455. The molecule has 0 spiro atoms. The molecule has 3 rings (SSSR count). The standard InChI is InChI=1S/C17H17BrO2S/c1-21(19,20)16-9-7-13(8-10-16)17(18)15-6-5-12-3-2-4-14(12)11-15/h5-11,17H,2-4H2,1H3. The Morgan fingerprint density at radius 1 is 0.952 bits per heavy atom. The van der Waals surface area contributed by atoms with Crippen LogP contribution in [-0.2, 0) is 22.7 Å². The molecule has 1 atom stereocenters. The zero-order valence-corrected chi connectivity index (χ0v) is 14.2. The lowest BCUT2D eigenvalue weighted by Gasteiger charge is -2.13. The monoisotopic (exact) mass is 364 g/mol. The summed E-state index contributed by atoms with van der Waals surface area (Å²) < 4.78 is 23.0. The van der Waals surface area contributed by atoms with E-state index in [0.29, 0.717) is 4.90 Å². The second kappa shape index (κ2) is 5.58. The summed E-state index contributed by atoms with van der Waals surface area (Å²) in [7, 11) is -3.13. The van der Waals surface area contributed by atoms with Crippen molar-refractivity contribution in [3.8, 4) is 0 Å². The molecule has 0 aromatic heterocycles. The van der Waals surface area contributed by atoms with Gasteiger partial charge in [0, 0.05) is 6.26 Å². The van der Waals surface area contributed by atoms with E-state index in [0.717, 1.165) is 12.0 Å². The second-order valence-corrected chi connectivity index (χ2v) is 8.52. The first-order valence-electron chi connectivity index (χ1n) is 7.01. The van der Waals surface area contributed by atoms with E-state index >= 15 is 0 Å². The SMILES string of the molecule is CS(=O)(=O)c1ccc(C(Br)c2ccc3c(c2)CCC3)cc1. The molecule has 2 aromatic rings. The molecule has 2 aromatic carbocycles. The highest BCUT2D eigenvalue weighted by atomic mass is 79.9. The first-order valence-corrected chi connectivity index (χ1v) is 9.81. The summed E-state index contributed by atoms with van der Waals surface area (Å²) >= 11 is 3.73. The number of benzene rings is 2. The Morgan fingerprint density at radius 3 is 2.24 bits per heavy atom. The van der Waals surface area contributed by atoms with Crippen LogP contribution in [0.2, 0.25) is 0 Å². The lowest BCUT2D eigenvalue weighted by molar-refractivity contribution is 0.602. The lowest BCUT2D eigenvalue weighted by Crippen LogP contribution is -1.99.